The maximum atomic E-state index is 12.6. The zero-order chi connectivity index (χ0) is 19.0. The number of nitrogens with zero attached hydrogens (tertiary/aromatic N) is 2. The van der Waals surface area contributed by atoms with E-state index in [0.29, 0.717) is 32.4 Å². The molecule has 7 nitrogen and oxygen atoms in total. The normalized spacial score (nSPS) is 26.5. The first-order chi connectivity index (χ1) is 12.9. The van der Waals surface area contributed by atoms with E-state index in [1.165, 1.54) is 0 Å². The van der Waals surface area contributed by atoms with Gasteiger partial charge in [0.15, 0.2) is 11.0 Å². The minimum atomic E-state index is -0.475. The standard InChI is InChI=1S/C19H25ClN2O5/c20-16-2-1-15(27-16)17(24)22-9-5-19(6-10-22)11-14(26-18(19)25)12-21-7-3-13(23)4-8-21/h1-2,13-14,23H,3-12H2. The molecule has 1 spiro atoms. The van der Waals surface area contributed by atoms with Gasteiger partial charge in [-0.2, -0.15) is 0 Å². The van der Waals surface area contributed by atoms with E-state index >= 15 is 0 Å². The molecule has 1 aromatic heterocycles. The number of piperidine rings is 2. The molecule has 1 atom stereocenters. The highest BCUT2D eigenvalue weighted by Gasteiger charge is 2.51. The maximum absolute atomic E-state index is 12.6. The summed E-state index contributed by atoms with van der Waals surface area (Å²) < 4.78 is 10.9. The molecule has 0 aliphatic carbocycles. The van der Waals surface area contributed by atoms with Crippen molar-refractivity contribution in [2.24, 2.45) is 5.41 Å². The smallest absolute Gasteiger partial charge is 0.312 e. The number of halogens is 1. The third kappa shape index (κ3) is 3.86. The lowest BCUT2D eigenvalue weighted by molar-refractivity contribution is -0.151. The summed E-state index contributed by atoms with van der Waals surface area (Å²) in [5, 5.41) is 9.82. The molecule has 3 aliphatic heterocycles. The lowest BCUT2D eigenvalue weighted by atomic mass is 9.76. The monoisotopic (exact) mass is 396 g/mol. The van der Waals surface area contributed by atoms with Gasteiger partial charge in [-0.05, 0) is 49.4 Å². The van der Waals surface area contributed by atoms with Crippen molar-refractivity contribution in [3.63, 3.8) is 0 Å². The lowest BCUT2D eigenvalue weighted by Crippen LogP contribution is -2.45. The van der Waals surface area contributed by atoms with E-state index in [1.807, 2.05) is 0 Å². The number of hydrogen-bond donors (Lipinski definition) is 1. The van der Waals surface area contributed by atoms with Crippen molar-refractivity contribution in [3.8, 4) is 0 Å². The summed E-state index contributed by atoms with van der Waals surface area (Å²) in [6, 6.07) is 3.13. The van der Waals surface area contributed by atoms with E-state index in [0.717, 1.165) is 32.5 Å². The second-order valence-corrected chi connectivity index (χ2v) is 8.31. The van der Waals surface area contributed by atoms with Gasteiger partial charge >= 0.3 is 5.97 Å². The van der Waals surface area contributed by atoms with Crippen molar-refractivity contribution < 1.29 is 23.8 Å². The largest absolute Gasteiger partial charge is 0.461 e. The Hall–Kier alpha value is -1.57. The molecule has 3 aliphatic rings. The fraction of sp³-hybridized carbons (Fsp3) is 0.684. The minimum Gasteiger partial charge on any atom is -0.461 e. The van der Waals surface area contributed by atoms with Crippen molar-refractivity contribution in [1.82, 2.24) is 9.80 Å². The molecule has 27 heavy (non-hydrogen) atoms. The van der Waals surface area contributed by atoms with Crippen molar-refractivity contribution in [3.05, 3.63) is 23.1 Å². The van der Waals surface area contributed by atoms with Gasteiger partial charge in [0.2, 0.25) is 0 Å². The van der Waals surface area contributed by atoms with Crippen LogP contribution in [0.3, 0.4) is 0 Å². The van der Waals surface area contributed by atoms with Crippen LogP contribution in [0, 0.1) is 5.41 Å². The molecular formula is C19H25ClN2O5. The van der Waals surface area contributed by atoms with Crippen LogP contribution in [-0.4, -0.2) is 71.7 Å². The fourth-order valence-electron chi connectivity index (χ4n) is 4.46. The van der Waals surface area contributed by atoms with Gasteiger partial charge in [-0.1, -0.05) is 0 Å². The van der Waals surface area contributed by atoms with E-state index in [4.69, 9.17) is 20.8 Å². The highest BCUT2D eigenvalue weighted by molar-refractivity contribution is 6.29. The summed E-state index contributed by atoms with van der Waals surface area (Å²) in [6.07, 6.45) is 3.19. The molecule has 0 radical (unpaired) electrons. The Labute approximate surface area is 163 Å². The third-order valence-corrected chi connectivity index (χ3v) is 6.34. The molecule has 1 aromatic rings. The first kappa shape index (κ1) is 18.8. The summed E-state index contributed by atoms with van der Waals surface area (Å²) >= 11 is 5.75. The number of cyclic esters (lactones) is 1. The van der Waals surface area contributed by atoms with Crippen LogP contribution in [-0.2, 0) is 9.53 Å². The number of aliphatic hydroxyl groups excluding tert-OH is 1. The third-order valence-electron chi connectivity index (χ3n) is 6.14. The summed E-state index contributed by atoms with van der Waals surface area (Å²) in [5.74, 6) is -0.0839. The molecule has 1 unspecified atom stereocenters. The first-order valence-electron chi connectivity index (χ1n) is 9.61. The number of rotatable bonds is 3. The fourth-order valence-corrected chi connectivity index (χ4v) is 4.61. The number of carbonyl (C=O) groups excluding carboxylic acids is 2. The Morgan fingerprint density at radius 1 is 1.22 bits per heavy atom. The second-order valence-electron chi connectivity index (χ2n) is 7.94. The van der Waals surface area contributed by atoms with E-state index in [1.54, 1.807) is 17.0 Å². The van der Waals surface area contributed by atoms with Gasteiger partial charge in [0.05, 0.1) is 11.5 Å². The number of furan rings is 1. The molecule has 4 rings (SSSR count). The lowest BCUT2D eigenvalue weighted by Gasteiger charge is -2.36. The predicted molar refractivity (Wildman–Crippen MR) is 97.5 cm³/mol. The molecule has 8 heteroatoms. The van der Waals surface area contributed by atoms with Crippen molar-refractivity contribution in [1.29, 1.82) is 0 Å². The number of hydrogen-bond acceptors (Lipinski definition) is 6. The van der Waals surface area contributed by atoms with E-state index in [-0.39, 0.29) is 35.1 Å². The second kappa shape index (κ2) is 7.45. The number of aliphatic hydroxyl groups is 1. The van der Waals surface area contributed by atoms with E-state index < -0.39 is 5.41 Å². The summed E-state index contributed by atoms with van der Waals surface area (Å²) in [4.78, 5) is 29.0. The van der Waals surface area contributed by atoms with Crippen molar-refractivity contribution in [2.75, 3.05) is 32.7 Å². The molecule has 3 saturated heterocycles. The Morgan fingerprint density at radius 2 is 1.93 bits per heavy atom. The van der Waals surface area contributed by atoms with Crippen LogP contribution in [0.1, 0.15) is 42.7 Å². The average Bonchev–Trinajstić information content (AvgIpc) is 3.21. The molecule has 1 N–H and O–H groups in total. The number of carbonyl (C=O) groups is 2. The molecule has 1 amide bonds. The van der Waals surface area contributed by atoms with Crippen LogP contribution in [0.2, 0.25) is 5.22 Å². The molecular weight excluding hydrogens is 372 g/mol. The Kier molecular flexibility index (Phi) is 5.18. The molecule has 148 valence electrons. The molecule has 3 fully saturated rings. The zero-order valence-electron chi connectivity index (χ0n) is 15.2. The topological polar surface area (TPSA) is 83.2 Å². The van der Waals surface area contributed by atoms with Crippen LogP contribution in [0.25, 0.3) is 0 Å². The average molecular weight is 397 g/mol. The highest BCUT2D eigenvalue weighted by Crippen LogP contribution is 2.43. The Bertz CT molecular complexity index is 705. The van der Waals surface area contributed by atoms with Gasteiger partial charge in [0, 0.05) is 39.1 Å². The first-order valence-corrected chi connectivity index (χ1v) is 9.99. The molecule has 4 heterocycles. The van der Waals surface area contributed by atoms with E-state index in [2.05, 4.69) is 4.90 Å². The molecule has 0 aromatic carbocycles. The van der Waals surface area contributed by atoms with Gasteiger partial charge in [-0.3, -0.25) is 14.5 Å². The summed E-state index contributed by atoms with van der Waals surface area (Å²) in [6.45, 7) is 3.43. The van der Waals surface area contributed by atoms with Gasteiger partial charge in [0.1, 0.15) is 6.10 Å². The van der Waals surface area contributed by atoms with Crippen LogP contribution < -0.4 is 0 Å². The van der Waals surface area contributed by atoms with Crippen LogP contribution in [0.15, 0.2) is 16.5 Å². The SMILES string of the molecule is O=C(c1ccc(Cl)o1)N1CCC2(CC1)CC(CN1CCC(O)CC1)OC2=O. The Morgan fingerprint density at radius 3 is 2.56 bits per heavy atom. The van der Waals surface area contributed by atoms with Crippen LogP contribution in [0.5, 0.6) is 0 Å². The molecule has 0 bridgehead atoms. The summed E-state index contributed by atoms with van der Waals surface area (Å²) in [7, 11) is 0. The number of ether oxygens (including phenoxy) is 1. The number of amides is 1. The van der Waals surface area contributed by atoms with Crippen molar-refractivity contribution >= 4 is 23.5 Å². The quantitative estimate of drug-likeness (QED) is 0.786. The number of likely N-dealkylation sites (tertiary alicyclic amines) is 2. The van der Waals surface area contributed by atoms with Gasteiger partial charge in [0.25, 0.3) is 5.91 Å². The highest BCUT2D eigenvalue weighted by atomic mass is 35.5. The maximum Gasteiger partial charge on any atom is 0.312 e. The van der Waals surface area contributed by atoms with Gasteiger partial charge < -0.3 is 19.2 Å². The number of esters is 1. The minimum absolute atomic E-state index is 0.0983. The van der Waals surface area contributed by atoms with Gasteiger partial charge in [-0.15, -0.1) is 0 Å². The van der Waals surface area contributed by atoms with E-state index in [9.17, 15) is 14.7 Å². The van der Waals surface area contributed by atoms with Crippen LogP contribution in [0.4, 0.5) is 0 Å². The van der Waals surface area contributed by atoms with Gasteiger partial charge in [-0.25, -0.2) is 0 Å². The van der Waals surface area contributed by atoms with Crippen molar-refractivity contribution in [2.45, 2.75) is 44.3 Å². The zero-order valence-corrected chi connectivity index (χ0v) is 16.0. The predicted octanol–water partition coefficient (Wildman–Crippen LogP) is 1.93. The summed E-state index contributed by atoms with van der Waals surface area (Å²) in [5.41, 5.74) is -0.475. The van der Waals surface area contributed by atoms with Crippen LogP contribution >= 0.6 is 11.6 Å². The Balaban J connectivity index is 1.32. The molecule has 0 saturated carbocycles.